The minimum absolute atomic E-state index is 0.123. The average molecular weight is 357 g/mol. The van der Waals surface area contributed by atoms with Crippen molar-refractivity contribution in [1.82, 2.24) is 25.3 Å². The van der Waals surface area contributed by atoms with E-state index >= 15 is 0 Å². The van der Waals surface area contributed by atoms with E-state index < -0.39 is 0 Å². The lowest BCUT2D eigenvalue weighted by molar-refractivity contribution is 0.0922. The van der Waals surface area contributed by atoms with E-state index in [1.54, 1.807) is 6.07 Å². The number of nitrogens with one attached hydrogen (secondary N) is 2. The Morgan fingerprint density at radius 1 is 1.42 bits per heavy atom. The lowest BCUT2D eigenvalue weighted by atomic mass is 10.1. The molecule has 2 aliphatic rings. The number of rotatable bonds is 6. The number of nitrogens with zero attached hydrogens (tertiary/aromatic N) is 3. The van der Waals surface area contributed by atoms with Gasteiger partial charge in [0.05, 0.1) is 11.4 Å². The normalized spacial score (nSPS) is 23.5. The predicted octanol–water partition coefficient (Wildman–Crippen LogP) is 2.40. The van der Waals surface area contributed by atoms with Crippen molar-refractivity contribution in [3.05, 3.63) is 34.7 Å². The first-order valence-electron chi connectivity index (χ1n) is 9.57. The highest BCUT2D eigenvalue weighted by Crippen LogP contribution is 2.40. The molecule has 1 aliphatic heterocycles. The van der Waals surface area contributed by atoms with Crippen LogP contribution in [0.2, 0.25) is 0 Å². The fourth-order valence-corrected chi connectivity index (χ4v) is 3.69. The van der Waals surface area contributed by atoms with E-state index in [9.17, 15) is 4.79 Å². The Kier molecular flexibility index (Phi) is 4.56. The number of carbonyl (C=O) groups excluding carboxylic acids is 1. The molecule has 1 amide bonds. The monoisotopic (exact) mass is 357 g/mol. The molecule has 2 aromatic heterocycles. The maximum atomic E-state index is 12.5. The summed E-state index contributed by atoms with van der Waals surface area (Å²) in [5.41, 5.74) is 2.64. The van der Waals surface area contributed by atoms with Crippen LogP contribution >= 0.6 is 0 Å². The Morgan fingerprint density at radius 3 is 2.92 bits per heavy atom. The van der Waals surface area contributed by atoms with Crippen LogP contribution < -0.4 is 5.32 Å². The summed E-state index contributed by atoms with van der Waals surface area (Å²) < 4.78 is 5.29. The zero-order valence-corrected chi connectivity index (χ0v) is 15.7. The molecular formula is C19H27N5O2. The second-order valence-electron chi connectivity index (χ2n) is 7.74. The van der Waals surface area contributed by atoms with E-state index in [0.29, 0.717) is 17.5 Å². The summed E-state index contributed by atoms with van der Waals surface area (Å²) in [6, 6.07) is 1.92. The predicted molar refractivity (Wildman–Crippen MR) is 96.9 cm³/mol. The largest absolute Gasteiger partial charge is 0.360 e. The molecule has 7 heteroatoms. The molecule has 2 atom stereocenters. The average Bonchev–Trinajstić information content (AvgIpc) is 3.08. The van der Waals surface area contributed by atoms with Gasteiger partial charge in [-0.1, -0.05) is 19.0 Å². The van der Waals surface area contributed by atoms with Gasteiger partial charge in [-0.2, -0.15) is 0 Å². The maximum Gasteiger partial charge on any atom is 0.273 e. The number of aromatic nitrogens is 3. The number of carbonyl (C=O) groups is 1. The zero-order valence-electron chi connectivity index (χ0n) is 15.7. The van der Waals surface area contributed by atoms with E-state index in [1.807, 2.05) is 6.92 Å². The van der Waals surface area contributed by atoms with Crippen LogP contribution in [0.5, 0.6) is 0 Å². The van der Waals surface area contributed by atoms with Gasteiger partial charge in [0.1, 0.15) is 11.6 Å². The summed E-state index contributed by atoms with van der Waals surface area (Å²) in [4.78, 5) is 22.8. The molecule has 1 saturated heterocycles. The summed E-state index contributed by atoms with van der Waals surface area (Å²) in [5, 5.41) is 7.08. The molecule has 0 aromatic carbocycles. The van der Waals surface area contributed by atoms with Crippen LogP contribution in [0.4, 0.5) is 0 Å². The highest BCUT2D eigenvalue weighted by atomic mass is 16.5. The molecule has 3 heterocycles. The maximum absolute atomic E-state index is 12.5. The van der Waals surface area contributed by atoms with E-state index in [0.717, 1.165) is 56.2 Å². The Labute approximate surface area is 153 Å². The number of H-pyrrole nitrogens is 1. The van der Waals surface area contributed by atoms with Crippen LogP contribution in [0, 0.1) is 12.8 Å². The lowest BCUT2D eigenvalue weighted by Crippen LogP contribution is -2.40. The molecule has 2 fully saturated rings. The van der Waals surface area contributed by atoms with Crippen molar-refractivity contribution in [1.29, 1.82) is 0 Å². The molecule has 0 spiro atoms. The Balaban J connectivity index is 1.35. The van der Waals surface area contributed by atoms with Crippen molar-refractivity contribution < 1.29 is 9.32 Å². The molecule has 0 radical (unpaired) electrons. The Morgan fingerprint density at radius 2 is 2.23 bits per heavy atom. The van der Waals surface area contributed by atoms with Crippen molar-refractivity contribution in [3.8, 4) is 0 Å². The third kappa shape index (κ3) is 3.53. The van der Waals surface area contributed by atoms with Crippen LogP contribution in [0.1, 0.15) is 66.1 Å². The lowest BCUT2D eigenvalue weighted by Gasteiger charge is -2.16. The van der Waals surface area contributed by atoms with Crippen LogP contribution in [0.3, 0.4) is 0 Å². The van der Waals surface area contributed by atoms with Gasteiger partial charge in [0, 0.05) is 44.1 Å². The van der Waals surface area contributed by atoms with E-state index in [4.69, 9.17) is 4.52 Å². The minimum atomic E-state index is -0.134. The van der Waals surface area contributed by atoms with Gasteiger partial charge in [-0.05, 0) is 25.7 Å². The van der Waals surface area contributed by atoms with Crippen LogP contribution in [0.25, 0.3) is 0 Å². The number of aromatic amines is 1. The first-order valence-corrected chi connectivity index (χ1v) is 9.57. The van der Waals surface area contributed by atoms with E-state index in [1.165, 1.54) is 5.69 Å². The standard InChI is InChI=1S/C19H27N5O2/c1-4-18-20-12(3)16(21-18)10-24-8-11(2)15(9-24)22-19(25)14-7-17(26-23-14)13-5-6-13/h7,11,13,15H,4-6,8-10H2,1-3H3,(H,20,21)(H,22,25)/t11-,15+/m1/s1. The molecule has 2 aromatic rings. The Hall–Kier alpha value is -2.15. The molecule has 1 saturated carbocycles. The van der Waals surface area contributed by atoms with Crippen molar-refractivity contribution in [3.63, 3.8) is 0 Å². The zero-order chi connectivity index (χ0) is 18.3. The third-order valence-electron chi connectivity index (χ3n) is 5.50. The summed E-state index contributed by atoms with van der Waals surface area (Å²) >= 11 is 0. The fourth-order valence-electron chi connectivity index (χ4n) is 3.69. The minimum Gasteiger partial charge on any atom is -0.360 e. The molecule has 2 N–H and O–H groups in total. The molecule has 4 rings (SSSR count). The van der Waals surface area contributed by atoms with Gasteiger partial charge in [0.2, 0.25) is 0 Å². The quantitative estimate of drug-likeness (QED) is 0.829. The summed E-state index contributed by atoms with van der Waals surface area (Å²) in [6.07, 6.45) is 3.19. The number of likely N-dealkylation sites (tertiary alicyclic amines) is 1. The van der Waals surface area contributed by atoms with Gasteiger partial charge in [0.15, 0.2) is 5.69 Å². The van der Waals surface area contributed by atoms with Crippen LogP contribution in [0.15, 0.2) is 10.6 Å². The fraction of sp³-hybridized carbons (Fsp3) is 0.632. The van der Waals surface area contributed by atoms with Gasteiger partial charge in [-0.15, -0.1) is 0 Å². The van der Waals surface area contributed by atoms with E-state index in [-0.39, 0.29) is 11.9 Å². The van der Waals surface area contributed by atoms with Gasteiger partial charge in [-0.3, -0.25) is 9.69 Å². The summed E-state index contributed by atoms with van der Waals surface area (Å²) in [5.74, 6) is 2.60. The number of hydrogen-bond acceptors (Lipinski definition) is 5. The molecule has 1 aliphatic carbocycles. The van der Waals surface area contributed by atoms with Crippen LogP contribution in [-0.4, -0.2) is 45.1 Å². The van der Waals surface area contributed by atoms with Crippen LogP contribution in [-0.2, 0) is 13.0 Å². The molecule has 0 bridgehead atoms. The van der Waals surface area contributed by atoms with Crippen molar-refractivity contribution >= 4 is 5.91 Å². The molecule has 0 unspecified atom stereocenters. The van der Waals surface area contributed by atoms with E-state index in [2.05, 4.69) is 39.2 Å². The second kappa shape index (κ2) is 6.87. The van der Waals surface area contributed by atoms with Crippen molar-refractivity contribution in [2.24, 2.45) is 5.92 Å². The van der Waals surface area contributed by atoms with Crippen molar-refractivity contribution in [2.75, 3.05) is 13.1 Å². The molecule has 140 valence electrons. The van der Waals surface area contributed by atoms with Gasteiger partial charge in [0.25, 0.3) is 5.91 Å². The number of imidazole rings is 1. The smallest absolute Gasteiger partial charge is 0.273 e. The SMILES string of the molecule is CCc1nc(C)c(CN2C[C@@H](C)[C@@H](NC(=O)c3cc(C4CC4)on3)C2)[nH]1. The van der Waals surface area contributed by atoms with Gasteiger partial charge >= 0.3 is 0 Å². The number of aryl methyl sites for hydroxylation is 2. The highest BCUT2D eigenvalue weighted by Gasteiger charge is 2.33. The highest BCUT2D eigenvalue weighted by molar-refractivity contribution is 5.92. The number of hydrogen-bond donors (Lipinski definition) is 2. The topological polar surface area (TPSA) is 87.1 Å². The Bertz CT molecular complexity index is 792. The third-order valence-corrected chi connectivity index (χ3v) is 5.50. The first-order chi connectivity index (χ1) is 12.5. The first kappa shape index (κ1) is 17.3. The molecular weight excluding hydrogens is 330 g/mol. The second-order valence-corrected chi connectivity index (χ2v) is 7.74. The molecule has 7 nitrogen and oxygen atoms in total. The molecule has 26 heavy (non-hydrogen) atoms. The van der Waals surface area contributed by atoms with Gasteiger partial charge < -0.3 is 14.8 Å². The number of amides is 1. The summed E-state index contributed by atoms with van der Waals surface area (Å²) in [7, 11) is 0. The summed E-state index contributed by atoms with van der Waals surface area (Å²) in [6.45, 7) is 8.96. The van der Waals surface area contributed by atoms with Crippen molar-refractivity contribution in [2.45, 2.75) is 58.5 Å². The van der Waals surface area contributed by atoms with Gasteiger partial charge in [-0.25, -0.2) is 4.98 Å².